The lowest BCUT2D eigenvalue weighted by molar-refractivity contribution is 0.129. The Morgan fingerprint density at radius 1 is 0.833 bits per heavy atom. The number of hydrogen-bond acceptors (Lipinski definition) is 4. The summed E-state index contributed by atoms with van der Waals surface area (Å²) in [7, 11) is 0. The Balaban J connectivity index is 1.91. The van der Waals surface area contributed by atoms with Crippen LogP contribution in [0.3, 0.4) is 0 Å². The first kappa shape index (κ1) is 25.1. The lowest BCUT2D eigenvalue weighted by Gasteiger charge is -2.15. The number of nitrogens with one attached hydrogen (secondary N) is 1. The lowest BCUT2D eigenvalue weighted by atomic mass is 10.2. The molecule has 0 unspecified atom stereocenters. The molecule has 4 nitrogen and oxygen atoms in total. The minimum absolute atomic E-state index is 0.336. The van der Waals surface area contributed by atoms with E-state index in [1.165, 1.54) is 0 Å². The molecule has 166 valence electrons. The molecule has 2 rings (SSSR count). The van der Waals surface area contributed by atoms with Gasteiger partial charge in [0.05, 0.1) is 16.7 Å². The molecule has 2 aromatic carbocycles. The molecule has 2 aromatic rings. The number of hydrogen-bond donors (Lipinski definition) is 1. The van der Waals surface area contributed by atoms with Crippen molar-refractivity contribution in [2.45, 2.75) is 46.3 Å². The zero-order chi connectivity index (χ0) is 21.8. The van der Waals surface area contributed by atoms with Crippen LogP contribution in [0.5, 0.6) is 11.5 Å². The molecular weight excluding hydrogens is 445 g/mol. The summed E-state index contributed by atoms with van der Waals surface area (Å²) < 4.78 is 17.3. The summed E-state index contributed by atoms with van der Waals surface area (Å²) in [5.41, 5.74) is 1.88. The summed E-state index contributed by atoms with van der Waals surface area (Å²) in [4.78, 5) is 0. The third-order valence-electron chi connectivity index (χ3n) is 4.39. The molecule has 0 spiro atoms. The lowest BCUT2D eigenvalue weighted by Crippen LogP contribution is -2.17. The number of ether oxygens (including phenoxy) is 3. The van der Waals surface area contributed by atoms with Gasteiger partial charge in [0.25, 0.3) is 0 Å². The summed E-state index contributed by atoms with van der Waals surface area (Å²) in [5, 5.41) is 5.05. The van der Waals surface area contributed by atoms with Gasteiger partial charge >= 0.3 is 0 Å². The maximum Gasteiger partial charge on any atom is 0.163 e. The van der Waals surface area contributed by atoms with Crippen LogP contribution in [0.2, 0.25) is 15.1 Å². The van der Waals surface area contributed by atoms with Gasteiger partial charge in [-0.2, -0.15) is 0 Å². The van der Waals surface area contributed by atoms with Gasteiger partial charge in [-0.05, 0) is 55.6 Å². The Kier molecular flexibility index (Phi) is 11.7. The van der Waals surface area contributed by atoms with E-state index in [9.17, 15) is 0 Å². The van der Waals surface area contributed by atoms with E-state index in [0.29, 0.717) is 46.3 Å². The molecule has 0 fully saturated rings. The van der Waals surface area contributed by atoms with Crippen molar-refractivity contribution in [2.24, 2.45) is 0 Å². The second-order valence-electron chi connectivity index (χ2n) is 6.86. The molecular formula is C23H30Cl3NO3. The van der Waals surface area contributed by atoms with Crippen molar-refractivity contribution in [3.63, 3.8) is 0 Å². The molecule has 0 bridgehead atoms. The second-order valence-corrected chi connectivity index (χ2v) is 8.08. The molecule has 7 heteroatoms. The zero-order valence-electron chi connectivity index (χ0n) is 17.6. The molecule has 0 saturated heterocycles. The first-order valence-corrected chi connectivity index (χ1v) is 11.5. The number of halogens is 3. The highest BCUT2D eigenvalue weighted by Gasteiger charge is 2.12. The van der Waals surface area contributed by atoms with Gasteiger partial charge in [0, 0.05) is 30.8 Å². The molecule has 0 aliphatic rings. The van der Waals surface area contributed by atoms with Crippen LogP contribution in [0.1, 0.15) is 44.2 Å². The van der Waals surface area contributed by atoms with E-state index in [2.05, 4.69) is 12.2 Å². The van der Waals surface area contributed by atoms with Crippen molar-refractivity contribution in [2.75, 3.05) is 26.4 Å². The van der Waals surface area contributed by atoms with Gasteiger partial charge in [-0.25, -0.2) is 0 Å². The van der Waals surface area contributed by atoms with Crippen molar-refractivity contribution in [3.8, 4) is 11.5 Å². The quantitative estimate of drug-likeness (QED) is 0.302. The predicted molar refractivity (Wildman–Crippen MR) is 125 cm³/mol. The van der Waals surface area contributed by atoms with Gasteiger partial charge in [0.1, 0.15) is 6.61 Å². The van der Waals surface area contributed by atoms with E-state index in [1.54, 1.807) is 18.2 Å². The van der Waals surface area contributed by atoms with Crippen molar-refractivity contribution in [1.82, 2.24) is 5.32 Å². The summed E-state index contributed by atoms with van der Waals surface area (Å²) in [6, 6.07) is 9.15. The molecule has 0 atom stereocenters. The van der Waals surface area contributed by atoms with E-state index in [4.69, 9.17) is 49.0 Å². The summed E-state index contributed by atoms with van der Waals surface area (Å²) in [5.74, 6) is 1.27. The molecule has 30 heavy (non-hydrogen) atoms. The van der Waals surface area contributed by atoms with Crippen molar-refractivity contribution < 1.29 is 14.2 Å². The molecule has 0 amide bonds. The minimum Gasteiger partial charge on any atom is -0.490 e. The standard InChI is InChI=1S/C23H30Cl3NO3/c1-3-5-10-28-11-6-9-27-15-18-13-22(29-4-2)23(14-20(18)25)30-16-17-7-8-19(24)21(26)12-17/h7-8,12-14,27H,3-6,9-11,15-16H2,1-2H3. The van der Waals surface area contributed by atoms with E-state index in [-0.39, 0.29) is 0 Å². The van der Waals surface area contributed by atoms with Crippen molar-refractivity contribution >= 4 is 34.8 Å². The van der Waals surface area contributed by atoms with Crippen LogP contribution >= 0.6 is 34.8 Å². The SMILES string of the molecule is CCCCOCCCNCc1cc(OCC)c(OCc2ccc(Cl)c(Cl)c2)cc1Cl. The van der Waals surface area contributed by atoms with Crippen molar-refractivity contribution in [1.29, 1.82) is 0 Å². The second kappa shape index (κ2) is 14.0. The first-order valence-electron chi connectivity index (χ1n) is 10.4. The minimum atomic E-state index is 0.336. The van der Waals surface area contributed by atoms with E-state index >= 15 is 0 Å². The van der Waals surface area contributed by atoms with Gasteiger partial charge < -0.3 is 19.5 Å². The normalized spacial score (nSPS) is 11.0. The highest BCUT2D eigenvalue weighted by atomic mass is 35.5. The Bertz CT molecular complexity index is 787. The molecule has 1 N–H and O–H groups in total. The third-order valence-corrected chi connectivity index (χ3v) is 5.48. The third kappa shape index (κ3) is 8.52. The molecule has 0 aliphatic heterocycles. The first-order chi connectivity index (χ1) is 14.5. The van der Waals surface area contributed by atoms with Gasteiger partial charge in [-0.1, -0.05) is 54.2 Å². The molecule has 0 aromatic heterocycles. The Hall–Kier alpha value is -1.17. The van der Waals surface area contributed by atoms with Crippen LogP contribution in [0.15, 0.2) is 30.3 Å². The van der Waals surface area contributed by atoms with Crippen LogP contribution < -0.4 is 14.8 Å². The Morgan fingerprint density at radius 2 is 1.60 bits per heavy atom. The summed E-state index contributed by atoms with van der Waals surface area (Å²) >= 11 is 18.5. The van der Waals surface area contributed by atoms with Crippen LogP contribution in [0.25, 0.3) is 0 Å². The van der Waals surface area contributed by atoms with E-state index in [1.807, 2.05) is 19.1 Å². The van der Waals surface area contributed by atoms with Gasteiger partial charge in [-0.3, -0.25) is 0 Å². The van der Waals surface area contributed by atoms with Crippen LogP contribution in [-0.2, 0) is 17.9 Å². The zero-order valence-corrected chi connectivity index (χ0v) is 19.9. The van der Waals surface area contributed by atoms with Crippen LogP contribution in [-0.4, -0.2) is 26.4 Å². The van der Waals surface area contributed by atoms with Crippen LogP contribution in [0.4, 0.5) is 0 Å². The highest BCUT2D eigenvalue weighted by molar-refractivity contribution is 6.42. The smallest absolute Gasteiger partial charge is 0.163 e. The van der Waals surface area contributed by atoms with Gasteiger partial charge in [-0.15, -0.1) is 0 Å². The summed E-state index contributed by atoms with van der Waals surface area (Å²) in [6.45, 7) is 8.09. The Labute approximate surface area is 194 Å². The summed E-state index contributed by atoms with van der Waals surface area (Å²) in [6.07, 6.45) is 3.24. The average Bonchev–Trinajstić information content (AvgIpc) is 2.73. The molecule has 0 saturated carbocycles. The predicted octanol–water partition coefficient (Wildman–Crippen LogP) is 6.92. The topological polar surface area (TPSA) is 39.7 Å². The van der Waals surface area contributed by atoms with Crippen molar-refractivity contribution in [3.05, 3.63) is 56.5 Å². The fourth-order valence-electron chi connectivity index (χ4n) is 2.76. The molecule has 0 radical (unpaired) electrons. The van der Waals surface area contributed by atoms with E-state index in [0.717, 1.165) is 50.1 Å². The Morgan fingerprint density at radius 3 is 2.33 bits per heavy atom. The van der Waals surface area contributed by atoms with Crippen LogP contribution in [0, 0.1) is 0 Å². The number of unbranched alkanes of at least 4 members (excludes halogenated alkanes) is 1. The molecule has 0 heterocycles. The number of rotatable bonds is 14. The maximum absolute atomic E-state index is 6.49. The van der Waals surface area contributed by atoms with E-state index < -0.39 is 0 Å². The van der Waals surface area contributed by atoms with Gasteiger partial charge in [0.2, 0.25) is 0 Å². The molecule has 0 aliphatic carbocycles. The van der Waals surface area contributed by atoms with Gasteiger partial charge in [0.15, 0.2) is 11.5 Å². The fourth-order valence-corrected chi connectivity index (χ4v) is 3.30. The average molecular weight is 475 g/mol. The number of benzene rings is 2. The highest BCUT2D eigenvalue weighted by Crippen LogP contribution is 2.34. The maximum atomic E-state index is 6.49. The largest absolute Gasteiger partial charge is 0.490 e. The monoisotopic (exact) mass is 473 g/mol. The fraction of sp³-hybridized carbons (Fsp3) is 0.478.